The number of phenolic OH excluding ortho intramolecular Hbond substituents is 1. The smallest absolute Gasteiger partial charge is 0.166 e. The summed E-state index contributed by atoms with van der Waals surface area (Å²) >= 11 is 0. The minimum atomic E-state index is 0.226. The first-order valence-electron chi connectivity index (χ1n) is 4.39. The average Bonchev–Trinajstić information content (AvgIpc) is 2.41. The number of carbonyl (C=O) groups is 1. The summed E-state index contributed by atoms with van der Waals surface area (Å²) in [6.45, 7) is 1.84. The molecule has 0 aliphatic heterocycles. The lowest BCUT2D eigenvalue weighted by molar-refractivity contribution is 0.111. The van der Waals surface area contributed by atoms with E-state index in [1.807, 2.05) is 20.0 Å². The van der Waals surface area contributed by atoms with E-state index in [4.69, 9.17) is 0 Å². The predicted octanol–water partition coefficient (Wildman–Crippen LogP) is 2.00. The molecular formula is C11H11NO2. The molecule has 0 spiro atoms. The average molecular weight is 189 g/mol. The van der Waals surface area contributed by atoms with E-state index >= 15 is 0 Å². The Morgan fingerprint density at radius 1 is 1.43 bits per heavy atom. The minimum absolute atomic E-state index is 0.226. The Hall–Kier alpha value is -1.77. The van der Waals surface area contributed by atoms with Crippen LogP contribution in [0.2, 0.25) is 0 Å². The van der Waals surface area contributed by atoms with Crippen LogP contribution in [0.4, 0.5) is 0 Å². The number of aldehydes is 1. The van der Waals surface area contributed by atoms with E-state index in [9.17, 15) is 9.90 Å². The molecule has 1 heterocycles. The van der Waals surface area contributed by atoms with E-state index in [1.54, 1.807) is 16.7 Å². The molecule has 0 aliphatic rings. The third-order valence-corrected chi connectivity index (χ3v) is 2.61. The maximum atomic E-state index is 10.8. The van der Waals surface area contributed by atoms with Crippen LogP contribution in [-0.4, -0.2) is 16.0 Å². The van der Waals surface area contributed by atoms with Crippen molar-refractivity contribution < 1.29 is 9.90 Å². The van der Waals surface area contributed by atoms with Crippen molar-refractivity contribution in [2.45, 2.75) is 6.92 Å². The summed E-state index contributed by atoms with van der Waals surface area (Å²) in [5, 5.41) is 10.4. The van der Waals surface area contributed by atoms with E-state index in [0.717, 1.165) is 22.8 Å². The molecule has 1 aromatic carbocycles. The van der Waals surface area contributed by atoms with Crippen LogP contribution in [0.3, 0.4) is 0 Å². The fourth-order valence-electron chi connectivity index (χ4n) is 1.87. The fourth-order valence-corrected chi connectivity index (χ4v) is 1.87. The van der Waals surface area contributed by atoms with Gasteiger partial charge in [0.1, 0.15) is 5.75 Å². The van der Waals surface area contributed by atoms with Crippen LogP contribution in [0.15, 0.2) is 18.2 Å². The van der Waals surface area contributed by atoms with Gasteiger partial charge in [-0.1, -0.05) is 6.07 Å². The van der Waals surface area contributed by atoms with E-state index in [1.165, 1.54) is 0 Å². The number of phenols is 1. The molecule has 3 heteroatoms. The zero-order valence-electron chi connectivity index (χ0n) is 8.11. The second-order valence-electron chi connectivity index (χ2n) is 3.36. The molecule has 0 saturated carbocycles. The molecule has 1 aromatic heterocycles. The van der Waals surface area contributed by atoms with Crippen molar-refractivity contribution in [1.82, 2.24) is 4.57 Å². The molecule has 0 fully saturated rings. The Kier molecular flexibility index (Phi) is 1.81. The summed E-state index contributed by atoms with van der Waals surface area (Å²) in [6, 6.07) is 5.28. The van der Waals surface area contributed by atoms with E-state index < -0.39 is 0 Å². The number of carbonyl (C=O) groups excluding carboxylic acids is 1. The normalized spacial score (nSPS) is 10.7. The zero-order chi connectivity index (χ0) is 10.3. The number of aromatic nitrogens is 1. The van der Waals surface area contributed by atoms with Crippen molar-refractivity contribution in [2.75, 3.05) is 0 Å². The Bertz CT molecular complexity index is 511. The Labute approximate surface area is 81.6 Å². The van der Waals surface area contributed by atoms with Crippen molar-refractivity contribution >= 4 is 17.2 Å². The first kappa shape index (κ1) is 8.81. The van der Waals surface area contributed by atoms with Crippen LogP contribution in [0.25, 0.3) is 10.9 Å². The SMILES string of the molecule is Cc1c(C=O)n(C)c2cccc(O)c12. The number of aromatic hydroxyl groups is 1. The molecule has 0 aliphatic carbocycles. The van der Waals surface area contributed by atoms with Gasteiger partial charge in [-0.05, 0) is 24.6 Å². The molecular weight excluding hydrogens is 178 g/mol. The monoisotopic (exact) mass is 189 g/mol. The predicted molar refractivity (Wildman–Crippen MR) is 54.7 cm³/mol. The van der Waals surface area contributed by atoms with Crippen LogP contribution in [0.5, 0.6) is 5.75 Å². The van der Waals surface area contributed by atoms with Crippen molar-refractivity contribution in [1.29, 1.82) is 0 Å². The van der Waals surface area contributed by atoms with Gasteiger partial charge in [-0.15, -0.1) is 0 Å². The van der Waals surface area contributed by atoms with Gasteiger partial charge in [-0.25, -0.2) is 0 Å². The molecule has 2 aromatic rings. The standard InChI is InChI=1S/C11H11NO2/c1-7-9(6-13)12(2)8-4-3-5-10(14)11(7)8/h3-6,14H,1-2H3. The van der Waals surface area contributed by atoms with Crippen LogP contribution < -0.4 is 0 Å². The van der Waals surface area contributed by atoms with Gasteiger partial charge in [0.25, 0.3) is 0 Å². The first-order chi connectivity index (χ1) is 6.66. The number of hydrogen-bond acceptors (Lipinski definition) is 2. The second-order valence-corrected chi connectivity index (χ2v) is 3.36. The van der Waals surface area contributed by atoms with Gasteiger partial charge in [-0.2, -0.15) is 0 Å². The van der Waals surface area contributed by atoms with Crippen molar-refractivity contribution in [3.63, 3.8) is 0 Å². The minimum Gasteiger partial charge on any atom is -0.507 e. The molecule has 0 saturated heterocycles. The second kappa shape index (κ2) is 2.87. The molecule has 3 nitrogen and oxygen atoms in total. The maximum absolute atomic E-state index is 10.8. The van der Waals surface area contributed by atoms with E-state index in [-0.39, 0.29) is 5.75 Å². The fraction of sp³-hybridized carbons (Fsp3) is 0.182. The lowest BCUT2D eigenvalue weighted by Gasteiger charge is -1.97. The summed E-state index contributed by atoms with van der Waals surface area (Å²) in [4.78, 5) is 10.8. The molecule has 0 bridgehead atoms. The molecule has 0 atom stereocenters. The zero-order valence-corrected chi connectivity index (χ0v) is 8.11. The lowest BCUT2D eigenvalue weighted by atomic mass is 10.1. The Balaban J connectivity index is 3.01. The van der Waals surface area contributed by atoms with Crippen molar-refractivity contribution in [2.24, 2.45) is 7.05 Å². The van der Waals surface area contributed by atoms with Gasteiger partial charge < -0.3 is 9.67 Å². The van der Waals surface area contributed by atoms with Crippen LogP contribution in [0, 0.1) is 6.92 Å². The number of fused-ring (bicyclic) bond motifs is 1. The van der Waals surface area contributed by atoms with Gasteiger partial charge in [0.2, 0.25) is 0 Å². The summed E-state index contributed by atoms with van der Waals surface area (Å²) < 4.78 is 1.79. The number of nitrogens with zero attached hydrogens (tertiary/aromatic N) is 1. The van der Waals surface area contributed by atoms with Crippen molar-refractivity contribution in [3.8, 4) is 5.75 Å². The quantitative estimate of drug-likeness (QED) is 0.697. The van der Waals surface area contributed by atoms with Gasteiger partial charge >= 0.3 is 0 Å². The lowest BCUT2D eigenvalue weighted by Crippen LogP contribution is -1.94. The van der Waals surface area contributed by atoms with E-state index in [0.29, 0.717) is 5.69 Å². The van der Waals surface area contributed by atoms with Crippen LogP contribution in [0.1, 0.15) is 16.1 Å². The highest BCUT2D eigenvalue weighted by Gasteiger charge is 2.13. The molecule has 2 rings (SSSR count). The number of aryl methyl sites for hydroxylation is 2. The highest BCUT2D eigenvalue weighted by atomic mass is 16.3. The Morgan fingerprint density at radius 2 is 2.14 bits per heavy atom. The summed E-state index contributed by atoms with van der Waals surface area (Å²) in [7, 11) is 1.82. The summed E-state index contributed by atoms with van der Waals surface area (Å²) in [6.07, 6.45) is 0.814. The third kappa shape index (κ3) is 0.954. The van der Waals surface area contributed by atoms with Gasteiger partial charge in [0.05, 0.1) is 11.2 Å². The molecule has 0 radical (unpaired) electrons. The molecule has 1 N–H and O–H groups in total. The number of benzene rings is 1. The molecule has 14 heavy (non-hydrogen) atoms. The first-order valence-corrected chi connectivity index (χ1v) is 4.39. The molecule has 0 amide bonds. The number of rotatable bonds is 1. The molecule has 72 valence electrons. The van der Waals surface area contributed by atoms with Crippen LogP contribution >= 0.6 is 0 Å². The number of hydrogen-bond donors (Lipinski definition) is 1. The topological polar surface area (TPSA) is 42.2 Å². The van der Waals surface area contributed by atoms with Crippen molar-refractivity contribution in [3.05, 3.63) is 29.5 Å². The Morgan fingerprint density at radius 3 is 2.71 bits per heavy atom. The van der Waals surface area contributed by atoms with E-state index in [2.05, 4.69) is 0 Å². The highest BCUT2D eigenvalue weighted by molar-refractivity contribution is 5.96. The summed E-state index contributed by atoms with van der Waals surface area (Å²) in [5.41, 5.74) is 2.32. The molecule has 0 unspecified atom stereocenters. The van der Waals surface area contributed by atoms with Gasteiger partial charge in [0, 0.05) is 12.4 Å². The van der Waals surface area contributed by atoms with Crippen LogP contribution in [-0.2, 0) is 7.05 Å². The third-order valence-electron chi connectivity index (χ3n) is 2.61. The largest absolute Gasteiger partial charge is 0.507 e. The van der Waals surface area contributed by atoms with Gasteiger partial charge in [-0.3, -0.25) is 4.79 Å². The maximum Gasteiger partial charge on any atom is 0.166 e. The highest BCUT2D eigenvalue weighted by Crippen LogP contribution is 2.30. The van der Waals surface area contributed by atoms with Gasteiger partial charge in [0.15, 0.2) is 6.29 Å². The summed E-state index contributed by atoms with van der Waals surface area (Å²) in [5.74, 6) is 0.226.